The van der Waals surface area contributed by atoms with Crippen molar-refractivity contribution in [1.82, 2.24) is 4.72 Å². The van der Waals surface area contributed by atoms with Crippen LogP contribution >= 0.6 is 0 Å². The first-order valence-corrected chi connectivity index (χ1v) is 7.17. The Morgan fingerprint density at radius 1 is 1.26 bits per heavy atom. The smallest absolute Gasteiger partial charge is 0.243 e. The van der Waals surface area contributed by atoms with Gasteiger partial charge in [0.05, 0.1) is 16.8 Å². The Morgan fingerprint density at radius 2 is 1.79 bits per heavy atom. The summed E-state index contributed by atoms with van der Waals surface area (Å²) in [4.78, 5) is -0.343. The molecule has 108 valence electrons. The molecule has 0 aliphatic carbocycles. The van der Waals surface area contributed by atoms with Crippen LogP contribution in [0.2, 0.25) is 0 Å². The van der Waals surface area contributed by atoms with Crippen LogP contribution in [0.1, 0.15) is 27.7 Å². The number of hydrogen-bond donors (Lipinski definition) is 3. The molecule has 1 aromatic carbocycles. The number of nitrogens with two attached hydrogens (primary N) is 1. The maximum Gasteiger partial charge on any atom is 0.243 e. The van der Waals surface area contributed by atoms with Crippen molar-refractivity contribution in [3.63, 3.8) is 0 Å². The van der Waals surface area contributed by atoms with E-state index >= 15 is 0 Å². The van der Waals surface area contributed by atoms with Crippen LogP contribution in [0.5, 0.6) is 0 Å². The van der Waals surface area contributed by atoms with E-state index in [-0.39, 0.29) is 4.90 Å². The first kappa shape index (κ1) is 15.9. The summed E-state index contributed by atoms with van der Waals surface area (Å²) in [5.74, 6) is -0.802. The van der Waals surface area contributed by atoms with Gasteiger partial charge in [0.2, 0.25) is 10.0 Å². The van der Waals surface area contributed by atoms with Gasteiger partial charge in [0, 0.05) is 0 Å². The number of benzene rings is 1. The molecule has 4 N–H and O–H groups in total. The number of halogens is 1. The minimum absolute atomic E-state index is 0.343. The topological polar surface area (TPSA) is 92.4 Å². The van der Waals surface area contributed by atoms with E-state index in [9.17, 15) is 17.9 Å². The Kier molecular flexibility index (Phi) is 3.96. The van der Waals surface area contributed by atoms with Gasteiger partial charge in [-0.25, -0.2) is 17.5 Å². The Hall–Kier alpha value is -1.18. The third-order valence-electron chi connectivity index (χ3n) is 3.22. The molecule has 0 saturated carbocycles. The first-order chi connectivity index (χ1) is 8.38. The van der Waals surface area contributed by atoms with Crippen LogP contribution in [-0.4, -0.2) is 24.7 Å². The van der Waals surface area contributed by atoms with Gasteiger partial charge in [0.15, 0.2) is 0 Å². The lowest BCUT2D eigenvalue weighted by Crippen LogP contribution is -2.57. The monoisotopic (exact) mass is 290 g/mol. The fraction of sp³-hybridized carbons (Fsp3) is 0.500. The summed E-state index contributed by atoms with van der Waals surface area (Å²) >= 11 is 0. The summed E-state index contributed by atoms with van der Waals surface area (Å²) < 4.78 is 40.0. The van der Waals surface area contributed by atoms with Crippen molar-refractivity contribution in [2.45, 2.75) is 43.7 Å². The maximum atomic E-state index is 13.3. The van der Waals surface area contributed by atoms with Crippen LogP contribution in [0.25, 0.3) is 0 Å². The zero-order chi connectivity index (χ0) is 15.1. The molecule has 0 aliphatic rings. The number of sulfonamides is 1. The summed E-state index contributed by atoms with van der Waals surface area (Å²) in [7, 11) is -4.03. The van der Waals surface area contributed by atoms with Gasteiger partial charge in [-0.1, -0.05) is 6.07 Å². The highest BCUT2D eigenvalue weighted by Crippen LogP contribution is 2.26. The molecular formula is C12H19FN2O3S. The van der Waals surface area contributed by atoms with Gasteiger partial charge in [0.1, 0.15) is 10.7 Å². The van der Waals surface area contributed by atoms with Crippen molar-refractivity contribution < 1.29 is 17.9 Å². The molecule has 0 unspecified atom stereocenters. The zero-order valence-electron chi connectivity index (χ0n) is 11.4. The number of para-hydroxylation sites is 1. The Balaban J connectivity index is 3.24. The van der Waals surface area contributed by atoms with Gasteiger partial charge >= 0.3 is 0 Å². The molecule has 0 radical (unpaired) electrons. The number of nitrogens with one attached hydrogen (secondary N) is 1. The Morgan fingerprint density at radius 3 is 2.26 bits per heavy atom. The third-order valence-corrected chi connectivity index (χ3v) is 4.94. The lowest BCUT2D eigenvalue weighted by Gasteiger charge is -2.37. The second-order valence-electron chi connectivity index (χ2n) is 5.44. The van der Waals surface area contributed by atoms with E-state index in [0.717, 1.165) is 6.07 Å². The molecule has 5 nitrogen and oxygen atoms in total. The molecule has 0 aromatic heterocycles. The summed E-state index contributed by atoms with van der Waals surface area (Å²) in [6.45, 7) is 6.01. The van der Waals surface area contributed by atoms with Crippen LogP contribution in [0, 0.1) is 5.82 Å². The molecule has 0 bridgehead atoms. The number of nitrogen functional groups attached to an aromatic ring is 1. The predicted octanol–water partition coefficient (Wildman–Crippen LogP) is 1.24. The molecule has 0 saturated heterocycles. The van der Waals surface area contributed by atoms with Crippen molar-refractivity contribution in [2.24, 2.45) is 0 Å². The molecule has 0 spiro atoms. The second-order valence-corrected chi connectivity index (χ2v) is 7.09. The standard InChI is InChI=1S/C12H19FN2O3S/c1-11(2,12(3,4)16)15-19(17,18)9-7-5-6-8(13)10(9)14/h5-7,15-16H,14H2,1-4H3. The zero-order valence-corrected chi connectivity index (χ0v) is 12.2. The number of hydrogen-bond acceptors (Lipinski definition) is 4. The van der Waals surface area contributed by atoms with E-state index in [1.165, 1.54) is 39.8 Å². The molecule has 1 aromatic rings. The van der Waals surface area contributed by atoms with Gasteiger partial charge in [-0.05, 0) is 39.8 Å². The molecule has 0 atom stereocenters. The molecule has 0 amide bonds. The van der Waals surface area contributed by atoms with E-state index in [2.05, 4.69) is 4.72 Å². The normalized spacial score (nSPS) is 13.6. The summed E-state index contributed by atoms with van der Waals surface area (Å²) in [5.41, 5.74) is 2.55. The predicted molar refractivity (Wildman–Crippen MR) is 71.5 cm³/mol. The van der Waals surface area contributed by atoms with Gasteiger partial charge in [-0.3, -0.25) is 0 Å². The maximum absolute atomic E-state index is 13.3. The van der Waals surface area contributed by atoms with Crippen LogP contribution < -0.4 is 10.5 Å². The van der Waals surface area contributed by atoms with Gasteiger partial charge in [-0.15, -0.1) is 0 Å². The lowest BCUT2D eigenvalue weighted by molar-refractivity contribution is 0.00639. The van der Waals surface area contributed by atoms with Gasteiger partial charge < -0.3 is 10.8 Å². The highest BCUT2D eigenvalue weighted by atomic mass is 32.2. The summed E-state index contributed by atoms with van der Waals surface area (Å²) in [5, 5.41) is 9.95. The van der Waals surface area contributed by atoms with Crippen molar-refractivity contribution >= 4 is 15.7 Å². The summed E-state index contributed by atoms with van der Waals surface area (Å²) in [6, 6.07) is 3.55. The van der Waals surface area contributed by atoms with Crippen LogP contribution in [-0.2, 0) is 10.0 Å². The molecule has 0 heterocycles. The molecule has 7 heteroatoms. The minimum Gasteiger partial charge on any atom is -0.395 e. The number of aliphatic hydroxyl groups is 1. The highest BCUT2D eigenvalue weighted by Gasteiger charge is 2.39. The average Bonchev–Trinajstić information content (AvgIpc) is 2.18. The second kappa shape index (κ2) is 4.73. The minimum atomic E-state index is -4.03. The lowest BCUT2D eigenvalue weighted by atomic mass is 9.87. The third kappa shape index (κ3) is 3.23. The van der Waals surface area contributed by atoms with E-state index in [1.807, 2.05) is 0 Å². The molecule has 1 rings (SSSR count). The van der Waals surface area contributed by atoms with Crippen LogP contribution in [0.15, 0.2) is 23.1 Å². The van der Waals surface area contributed by atoms with E-state index in [4.69, 9.17) is 5.73 Å². The van der Waals surface area contributed by atoms with Crippen molar-refractivity contribution in [1.29, 1.82) is 0 Å². The number of rotatable bonds is 4. The first-order valence-electron chi connectivity index (χ1n) is 5.69. The van der Waals surface area contributed by atoms with Crippen molar-refractivity contribution in [2.75, 3.05) is 5.73 Å². The Bertz CT molecular complexity index is 577. The van der Waals surface area contributed by atoms with Crippen molar-refractivity contribution in [3.8, 4) is 0 Å². The fourth-order valence-electron chi connectivity index (χ4n) is 1.27. The van der Waals surface area contributed by atoms with Crippen LogP contribution in [0.4, 0.5) is 10.1 Å². The molecule has 0 aliphatic heterocycles. The van der Waals surface area contributed by atoms with Crippen LogP contribution in [0.3, 0.4) is 0 Å². The highest BCUT2D eigenvalue weighted by molar-refractivity contribution is 7.89. The Labute approximate surface area is 112 Å². The SMILES string of the molecule is CC(C)(O)C(C)(C)NS(=O)(=O)c1cccc(F)c1N. The fourth-order valence-corrected chi connectivity index (χ4v) is 2.94. The molecule has 0 fully saturated rings. The summed E-state index contributed by atoms with van der Waals surface area (Å²) in [6.07, 6.45) is 0. The average molecular weight is 290 g/mol. The van der Waals surface area contributed by atoms with Gasteiger partial charge in [0.25, 0.3) is 0 Å². The van der Waals surface area contributed by atoms with E-state index < -0.39 is 32.7 Å². The van der Waals surface area contributed by atoms with Crippen molar-refractivity contribution in [3.05, 3.63) is 24.0 Å². The quantitative estimate of drug-likeness (QED) is 0.727. The largest absolute Gasteiger partial charge is 0.395 e. The molecule has 19 heavy (non-hydrogen) atoms. The van der Waals surface area contributed by atoms with E-state index in [0.29, 0.717) is 0 Å². The molecular weight excluding hydrogens is 271 g/mol. The van der Waals surface area contributed by atoms with E-state index in [1.54, 1.807) is 0 Å². The van der Waals surface area contributed by atoms with Gasteiger partial charge in [-0.2, -0.15) is 0 Å². The number of anilines is 1.